The Morgan fingerprint density at radius 1 is 0.262 bits per heavy atom. The molecule has 42 heavy (non-hydrogen) atoms. The number of benzene rings is 5. The van der Waals surface area contributed by atoms with E-state index in [1.54, 1.807) is 0 Å². The van der Waals surface area contributed by atoms with Crippen molar-refractivity contribution >= 4 is 0 Å². The van der Waals surface area contributed by atoms with Gasteiger partial charge in [-0.3, -0.25) is 4.98 Å². The van der Waals surface area contributed by atoms with Crippen molar-refractivity contribution in [3.8, 4) is 67.2 Å². The van der Waals surface area contributed by atoms with E-state index < -0.39 is 0 Å². The Morgan fingerprint density at radius 2 is 0.619 bits per heavy atom. The molecule has 0 N–H and O–H groups in total. The molecular weight excluding hydrogens is 508 g/mol. The van der Waals surface area contributed by atoms with Crippen molar-refractivity contribution in [3.05, 3.63) is 170 Å². The van der Waals surface area contributed by atoms with Gasteiger partial charge in [0.25, 0.3) is 0 Å². The van der Waals surface area contributed by atoms with Gasteiger partial charge < -0.3 is 0 Å². The van der Waals surface area contributed by atoms with Gasteiger partial charge in [0.15, 0.2) is 0 Å². The lowest BCUT2D eigenvalue weighted by molar-refractivity contribution is 1.31. The first-order valence-corrected chi connectivity index (χ1v) is 14.2. The van der Waals surface area contributed by atoms with Crippen LogP contribution in [0.1, 0.15) is 0 Å². The number of rotatable bonds is 6. The van der Waals surface area contributed by atoms with Crippen LogP contribution in [-0.2, 0) is 0 Å². The van der Waals surface area contributed by atoms with Gasteiger partial charge >= 0.3 is 0 Å². The van der Waals surface area contributed by atoms with Crippen LogP contribution in [0.15, 0.2) is 170 Å². The fraction of sp³-hybridized carbons (Fsp3) is 0. The number of nitrogens with zero attached hydrogens (tertiary/aromatic N) is 2. The van der Waals surface area contributed by atoms with E-state index in [9.17, 15) is 0 Å². The first kappa shape index (κ1) is 25.4. The van der Waals surface area contributed by atoms with Gasteiger partial charge in [-0.15, -0.1) is 0 Å². The predicted molar refractivity (Wildman–Crippen MR) is 175 cm³/mol. The lowest BCUT2D eigenvalue weighted by Gasteiger charge is -2.12. The summed E-state index contributed by atoms with van der Waals surface area (Å²) in [6, 6.07) is 57.3. The van der Waals surface area contributed by atoms with E-state index in [1.165, 1.54) is 22.3 Å². The van der Waals surface area contributed by atoms with E-state index in [0.29, 0.717) is 0 Å². The van der Waals surface area contributed by atoms with Crippen molar-refractivity contribution in [1.82, 2.24) is 9.97 Å². The molecule has 0 fully saturated rings. The molecule has 0 saturated carbocycles. The zero-order valence-corrected chi connectivity index (χ0v) is 23.1. The highest BCUT2D eigenvalue weighted by Gasteiger charge is 2.11. The summed E-state index contributed by atoms with van der Waals surface area (Å²) >= 11 is 0. The lowest BCUT2D eigenvalue weighted by atomic mass is 9.96. The monoisotopic (exact) mass is 536 g/mol. The van der Waals surface area contributed by atoms with Gasteiger partial charge in [-0.05, 0) is 57.6 Å². The fourth-order valence-corrected chi connectivity index (χ4v) is 5.29. The molecule has 0 amide bonds. The van der Waals surface area contributed by atoms with E-state index in [0.717, 1.165) is 44.9 Å². The van der Waals surface area contributed by atoms with E-state index >= 15 is 0 Å². The lowest BCUT2D eigenvalue weighted by Crippen LogP contribution is -1.92. The summed E-state index contributed by atoms with van der Waals surface area (Å²) in [5.41, 5.74) is 13.2. The zero-order valence-electron chi connectivity index (χ0n) is 23.1. The summed E-state index contributed by atoms with van der Waals surface area (Å²) < 4.78 is 0. The largest absolute Gasteiger partial charge is 0.256 e. The fourth-order valence-electron chi connectivity index (χ4n) is 5.29. The molecule has 0 aliphatic carbocycles. The maximum absolute atomic E-state index is 5.15. The second kappa shape index (κ2) is 11.5. The average Bonchev–Trinajstić information content (AvgIpc) is 3.09. The molecule has 0 radical (unpaired) electrons. The first-order valence-electron chi connectivity index (χ1n) is 14.2. The summed E-state index contributed by atoms with van der Waals surface area (Å²) in [6.07, 6.45) is 1.83. The van der Waals surface area contributed by atoms with Gasteiger partial charge in [-0.2, -0.15) is 0 Å². The van der Waals surface area contributed by atoms with Crippen LogP contribution in [0.4, 0.5) is 0 Å². The summed E-state index contributed by atoms with van der Waals surface area (Å²) in [4.78, 5) is 9.65. The summed E-state index contributed by atoms with van der Waals surface area (Å²) in [7, 11) is 0. The van der Waals surface area contributed by atoms with Crippen LogP contribution in [0.2, 0.25) is 0 Å². The number of pyridine rings is 2. The van der Waals surface area contributed by atoms with Crippen LogP contribution in [-0.4, -0.2) is 9.97 Å². The highest BCUT2D eigenvalue weighted by Crippen LogP contribution is 2.33. The minimum absolute atomic E-state index is 0.939. The molecule has 2 aromatic heterocycles. The van der Waals surface area contributed by atoms with E-state index in [-0.39, 0.29) is 0 Å². The van der Waals surface area contributed by atoms with Gasteiger partial charge in [0.05, 0.1) is 17.1 Å². The van der Waals surface area contributed by atoms with Crippen molar-refractivity contribution in [3.63, 3.8) is 0 Å². The molecular formula is C40H28N2. The maximum atomic E-state index is 5.15. The van der Waals surface area contributed by atoms with E-state index in [4.69, 9.17) is 4.98 Å². The first-order chi connectivity index (χ1) is 20.8. The minimum atomic E-state index is 0.939. The van der Waals surface area contributed by atoms with Crippen LogP contribution in [0, 0.1) is 0 Å². The van der Waals surface area contributed by atoms with Crippen LogP contribution in [0.5, 0.6) is 0 Å². The van der Waals surface area contributed by atoms with Crippen molar-refractivity contribution < 1.29 is 0 Å². The van der Waals surface area contributed by atoms with Crippen molar-refractivity contribution in [1.29, 1.82) is 0 Å². The molecule has 2 heterocycles. The molecule has 2 nitrogen and oxygen atoms in total. The quantitative estimate of drug-likeness (QED) is 0.211. The molecule has 7 rings (SSSR count). The Labute approximate surface area is 246 Å². The standard InChI is InChI=1S/C40H28N2/c1-3-9-29(10-4-1)31-14-16-33(17-15-31)37-27-39(35-20-18-32(19-21-35)30-11-5-2-6-12-30)42-40(28-37)36-24-22-34(23-25-36)38-13-7-8-26-41-38/h1-28H. The van der Waals surface area contributed by atoms with Crippen molar-refractivity contribution in [2.24, 2.45) is 0 Å². The summed E-state index contributed by atoms with van der Waals surface area (Å²) in [5.74, 6) is 0. The third-order valence-corrected chi connectivity index (χ3v) is 7.58. The molecule has 0 saturated heterocycles. The molecule has 0 spiro atoms. The van der Waals surface area contributed by atoms with Gasteiger partial charge in [0.1, 0.15) is 0 Å². The highest BCUT2D eigenvalue weighted by atomic mass is 14.7. The molecule has 198 valence electrons. The average molecular weight is 537 g/mol. The Morgan fingerprint density at radius 3 is 1.05 bits per heavy atom. The number of hydrogen-bond donors (Lipinski definition) is 0. The molecule has 2 heteroatoms. The predicted octanol–water partition coefficient (Wildman–Crippen LogP) is 10.5. The third kappa shape index (κ3) is 5.39. The summed E-state index contributed by atoms with van der Waals surface area (Å²) in [5, 5.41) is 0. The van der Waals surface area contributed by atoms with Crippen molar-refractivity contribution in [2.45, 2.75) is 0 Å². The summed E-state index contributed by atoms with van der Waals surface area (Å²) in [6.45, 7) is 0. The second-order valence-corrected chi connectivity index (χ2v) is 10.3. The second-order valence-electron chi connectivity index (χ2n) is 10.3. The molecule has 0 aliphatic heterocycles. The molecule has 0 unspecified atom stereocenters. The Kier molecular flexibility index (Phi) is 6.94. The SMILES string of the molecule is c1ccc(-c2ccc(-c3cc(-c4ccc(-c5ccccc5)cc4)nc(-c4ccc(-c5ccccn5)cc4)c3)cc2)cc1. The van der Waals surface area contributed by atoms with Crippen LogP contribution in [0.25, 0.3) is 67.2 Å². The third-order valence-electron chi connectivity index (χ3n) is 7.58. The Balaban J connectivity index is 1.29. The normalized spacial score (nSPS) is 10.9. The Hall–Kier alpha value is -5.60. The molecule has 0 atom stereocenters. The van der Waals surface area contributed by atoms with Crippen molar-refractivity contribution in [2.75, 3.05) is 0 Å². The maximum Gasteiger partial charge on any atom is 0.0715 e. The molecule has 5 aromatic carbocycles. The zero-order chi connectivity index (χ0) is 28.1. The molecule has 7 aromatic rings. The van der Waals surface area contributed by atoms with E-state index in [2.05, 4.69) is 138 Å². The topological polar surface area (TPSA) is 25.8 Å². The minimum Gasteiger partial charge on any atom is -0.256 e. The number of hydrogen-bond acceptors (Lipinski definition) is 2. The van der Waals surface area contributed by atoms with Crippen LogP contribution in [0.3, 0.4) is 0 Å². The van der Waals surface area contributed by atoms with Crippen LogP contribution >= 0.6 is 0 Å². The van der Waals surface area contributed by atoms with Gasteiger partial charge in [0, 0.05) is 22.9 Å². The van der Waals surface area contributed by atoms with Gasteiger partial charge in [-0.1, -0.05) is 140 Å². The Bertz CT molecular complexity index is 1670. The van der Waals surface area contributed by atoms with Gasteiger partial charge in [0.2, 0.25) is 0 Å². The molecule has 0 bridgehead atoms. The van der Waals surface area contributed by atoms with Crippen LogP contribution < -0.4 is 0 Å². The van der Waals surface area contributed by atoms with Gasteiger partial charge in [-0.25, -0.2) is 4.98 Å². The highest BCUT2D eigenvalue weighted by molar-refractivity contribution is 5.79. The van der Waals surface area contributed by atoms with E-state index in [1.807, 2.05) is 36.5 Å². The molecule has 0 aliphatic rings. The smallest absolute Gasteiger partial charge is 0.0715 e. The number of aromatic nitrogens is 2.